The zero-order valence-electron chi connectivity index (χ0n) is 9.58. The predicted molar refractivity (Wildman–Crippen MR) is 64.1 cm³/mol. The van der Waals surface area contributed by atoms with Crippen LogP contribution in [0.15, 0.2) is 29.3 Å². The highest BCUT2D eigenvalue weighted by atomic mass is 32.2. The van der Waals surface area contributed by atoms with E-state index in [0.29, 0.717) is 12.3 Å². The van der Waals surface area contributed by atoms with Gasteiger partial charge in [0, 0.05) is 10.6 Å². The third-order valence-corrected chi connectivity index (χ3v) is 3.24. The molecule has 100 valence electrons. The number of carboxylic acid groups (broad SMARTS) is 1. The van der Waals surface area contributed by atoms with Crippen LogP contribution in [0.5, 0.6) is 0 Å². The van der Waals surface area contributed by atoms with E-state index in [1.54, 1.807) is 0 Å². The lowest BCUT2D eigenvalue weighted by Crippen LogP contribution is -2.01. The van der Waals surface area contributed by atoms with Gasteiger partial charge in [-0.1, -0.05) is 5.21 Å². The Morgan fingerprint density at radius 2 is 2.21 bits per heavy atom. The summed E-state index contributed by atoms with van der Waals surface area (Å²) in [5, 5.41) is 15.7. The zero-order chi connectivity index (χ0) is 13.8. The van der Waals surface area contributed by atoms with Crippen molar-refractivity contribution in [3.05, 3.63) is 41.7 Å². The van der Waals surface area contributed by atoms with E-state index in [4.69, 9.17) is 5.11 Å². The molecule has 2 rings (SSSR count). The van der Waals surface area contributed by atoms with Crippen LogP contribution in [0.25, 0.3) is 0 Å². The number of rotatable bonds is 5. The summed E-state index contributed by atoms with van der Waals surface area (Å²) in [7, 11) is 0. The molecule has 0 fully saturated rings. The van der Waals surface area contributed by atoms with E-state index in [9.17, 15) is 13.6 Å². The number of aromatic nitrogens is 3. The van der Waals surface area contributed by atoms with Gasteiger partial charge in [0.1, 0.15) is 11.6 Å². The molecule has 0 bridgehead atoms. The molecule has 1 aromatic carbocycles. The molecule has 1 N–H and O–H groups in total. The quantitative estimate of drug-likeness (QED) is 0.851. The van der Waals surface area contributed by atoms with Gasteiger partial charge in [-0.25, -0.2) is 13.6 Å². The summed E-state index contributed by atoms with van der Waals surface area (Å²) in [5.41, 5.74) is -0.151. The van der Waals surface area contributed by atoms with Crippen molar-refractivity contribution in [2.45, 2.75) is 11.4 Å². The first kappa shape index (κ1) is 13.5. The number of carbonyl (C=O) groups is 1. The number of carboxylic acids is 1. The average molecular weight is 285 g/mol. The van der Waals surface area contributed by atoms with Gasteiger partial charge in [-0.15, -0.1) is 16.9 Å². The Hall–Kier alpha value is -1.96. The molecule has 5 nitrogen and oxygen atoms in total. The lowest BCUT2D eigenvalue weighted by Gasteiger charge is -2.03. The molecule has 19 heavy (non-hydrogen) atoms. The molecule has 0 atom stereocenters. The van der Waals surface area contributed by atoms with Gasteiger partial charge >= 0.3 is 5.97 Å². The second-order valence-corrected chi connectivity index (χ2v) is 4.73. The number of hydrogen-bond donors (Lipinski definition) is 1. The largest absolute Gasteiger partial charge is 0.476 e. The first-order chi connectivity index (χ1) is 9.06. The molecule has 0 saturated heterocycles. The summed E-state index contributed by atoms with van der Waals surface area (Å²) in [5.74, 6) is -1.73. The fraction of sp³-hybridized carbons (Fsp3) is 0.182. The number of halogens is 2. The van der Waals surface area contributed by atoms with Gasteiger partial charge in [-0.2, -0.15) is 0 Å². The zero-order valence-corrected chi connectivity index (χ0v) is 10.4. The molecule has 2 aromatic rings. The van der Waals surface area contributed by atoms with Crippen LogP contribution in [-0.4, -0.2) is 31.8 Å². The fourth-order valence-corrected chi connectivity index (χ4v) is 2.24. The normalized spacial score (nSPS) is 10.6. The summed E-state index contributed by atoms with van der Waals surface area (Å²) in [6, 6.07) is 3.23. The van der Waals surface area contributed by atoms with Gasteiger partial charge in [0.05, 0.1) is 12.7 Å². The first-order valence-corrected chi connectivity index (χ1v) is 6.26. The number of aromatic carboxylic acids is 1. The minimum absolute atomic E-state index is 0.151. The van der Waals surface area contributed by atoms with Crippen molar-refractivity contribution in [1.82, 2.24) is 15.0 Å². The van der Waals surface area contributed by atoms with E-state index in [-0.39, 0.29) is 10.6 Å². The van der Waals surface area contributed by atoms with Crippen LogP contribution in [0.3, 0.4) is 0 Å². The molecular weight excluding hydrogens is 276 g/mol. The molecule has 1 aromatic heterocycles. The lowest BCUT2D eigenvalue weighted by atomic mass is 10.3. The Balaban J connectivity index is 1.92. The predicted octanol–water partition coefficient (Wildman–Crippen LogP) is 2.05. The maximum absolute atomic E-state index is 13.3. The second kappa shape index (κ2) is 5.79. The van der Waals surface area contributed by atoms with Crippen LogP contribution < -0.4 is 0 Å². The van der Waals surface area contributed by atoms with E-state index in [2.05, 4.69) is 10.3 Å². The van der Waals surface area contributed by atoms with Gasteiger partial charge in [0.15, 0.2) is 5.69 Å². The van der Waals surface area contributed by atoms with Gasteiger partial charge < -0.3 is 5.11 Å². The van der Waals surface area contributed by atoms with E-state index >= 15 is 0 Å². The standard InChI is InChI=1S/C11H9F2N3O2S/c12-7-1-2-8(13)10(5-7)19-4-3-16-6-9(11(17)18)14-15-16/h1-2,5-6H,3-4H2,(H,17,18). The van der Waals surface area contributed by atoms with E-state index in [1.165, 1.54) is 10.9 Å². The van der Waals surface area contributed by atoms with Crippen molar-refractivity contribution in [2.24, 2.45) is 0 Å². The number of benzene rings is 1. The van der Waals surface area contributed by atoms with Crippen LogP contribution in [0.2, 0.25) is 0 Å². The molecule has 0 saturated carbocycles. The average Bonchev–Trinajstić information content (AvgIpc) is 2.82. The van der Waals surface area contributed by atoms with Crippen molar-refractivity contribution in [3.63, 3.8) is 0 Å². The van der Waals surface area contributed by atoms with E-state index < -0.39 is 17.6 Å². The third kappa shape index (κ3) is 3.50. The smallest absolute Gasteiger partial charge is 0.358 e. The van der Waals surface area contributed by atoms with Crippen LogP contribution >= 0.6 is 11.8 Å². The summed E-state index contributed by atoms with van der Waals surface area (Å²) < 4.78 is 27.6. The van der Waals surface area contributed by atoms with Gasteiger partial charge in [-0.05, 0) is 18.2 Å². The van der Waals surface area contributed by atoms with Crippen molar-refractivity contribution >= 4 is 17.7 Å². The number of hydrogen-bond acceptors (Lipinski definition) is 4. The molecule has 8 heteroatoms. The van der Waals surface area contributed by atoms with Crippen molar-refractivity contribution in [2.75, 3.05) is 5.75 Å². The van der Waals surface area contributed by atoms with Crippen LogP contribution in [-0.2, 0) is 6.54 Å². The minimum Gasteiger partial charge on any atom is -0.476 e. The highest BCUT2D eigenvalue weighted by Gasteiger charge is 2.09. The molecule has 0 spiro atoms. The van der Waals surface area contributed by atoms with Crippen molar-refractivity contribution in [1.29, 1.82) is 0 Å². The topological polar surface area (TPSA) is 68.0 Å². The maximum Gasteiger partial charge on any atom is 0.358 e. The molecule has 0 aliphatic rings. The van der Waals surface area contributed by atoms with E-state index in [0.717, 1.165) is 30.0 Å². The van der Waals surface area contributed by atoms with Gasteiger partial charge in [0.25, 0.3) is 0 Å². The first-order valence-electron chi connectivity index (χ1n) is 5.27. The minimum atomic E-state index is -1.16. The van der Waals surface area contributed by atoms with E-state index in [1.807, 2.05) is 0 Å². The fourth-order valence-electron chi connectivity index (χ4n) is 1.34. The summed E-state index contributed by atoms with van der Waals surface area (Å²) in [6.07, 6.45) is 1.28. The second-order valence-electron chi connectivity index (χ2n) is 3.60. The SMILES string of the molecule is O=C(O)c1cn(CCSc2cc(F)ccc2F)nn1. The molecule has 0 radical (unpaired) electrons. The summed E-state index contributed by atoms with van der Waals surface area (Å²) in [6.45, 7) is 0.348. The van der Waals surface area contributed by atoms with Gasteiger partial charge in [0.2, 0.25) is 0 Å². The molecule has 0 unspecified atom stereocenters. The Labute approximate surface area is 111 Å². The monoisotopic (exact) mass is 285 g/mol. The van der Waals surface area contributed by atoms with Crippen LogP contribution in [0.1, 0.15) is 10.5 Å². The maximum atomic E-state index is 13.3. The molecule has 1 heterocycles. The Kier molecular flexibility index (Phi) is 4.10. The Bertz CT molecular complexity index is 603. The molecule has 0 aliphatic carbocycles. The highest BCUT2D eigenvalue weighted by molar-refractivity contribution is 7.99. The number of thioether (sulfide) groups is 1. The molecular formula is C11H9F2N3O2S. The summed E-state index contributed by atoms with van der Waals surface area (Å²) >= 11 is 1.12. The lowest BCUT2D eigenvalue weighted by molar-refractivity contribution is 0.0690. The third-order valence-electron chi connectivity index (χ3n) is 2.23. The van der Waals surface area contributed by atoms with Crippen LogP contribution in [0.4, 0.5) is 8.78 Å². The van der Waals surface area contributed by atoms with Crippen LogP contribution in [0, 0.1) is 11.6 Å². The molecule has 0 aliphatic heterocycles. The highest BCUT2D eigenvalue weighted by Crippen LogP contribution is 2.22. The van der Waals surface area contributed by atoms with Crippen molar-refractivity contribution < 1.29 is 18.7 Å². The summed E-state index contributed by atoms with van der Waals surface area (Å²) in [4.78, 5) is 10.8. The number of aryl methyl sites for hydroxylation is 1. The Morgan fingerprint density at radius 1 is 1.42 bits per heavy atom. The molecule has 0 amide bonds. The van der Waals surface area contributed by atoms with Gasteiger partial charge in [-0.3, -0.25) is 4.68 Å². The van der Waals surface area contributed by atoms with Crippen molar-refractivity contribution in [3.8, 4) is 0 Å². The Morgan fingerprint density at radius 3 is 2.89 bits per heavy atom. The number of nitrogens with zero attached hydrogens (tertiary/aromatic N) is 3.